The SMILES string of the molecule is NC(=O)NC(=O)C1CCC(NC(=O)c2cccc(OC[C@H]3CCCO3)c2)CC1. The second-order valence-electron chi connectivity index (χ2n) is 7.35. The summed E-state index contributed by atoms with van der Waals surface area (Å²) in [6.45, 7) is 1.27. The third kappa shape index (κ3) is 5.69. The summed E-state index contributed by atoms with van der Waals surface area (Å²) in [6, 6.07) is 6.28. The van der Waals surface area contributed by atoms with Crippen molar-refractivity contribution in [3.05, 3.63) is 29.8 Å². The molecule has 0 bridgehead atoms. The van der Waals surface area contributed by atoms with Crippen LogP contribution in [0.2, 0.25) is 0 Å². The molecule has 4 amide bonds. The number of nitrogens with two attached hydrogens (primary N) is 1. The van der Waals surface area contributed by atoms with E-state index in [-0.39, 0.29) is 29.9 Å². The fourth-order valence-electron chi connectivity index (χ4n) is 3.68. The number of benzene rings is 1. The van der Waals surface area contributed by atoms with E-state index in [1.807, 2.05) is 6.07 Å². The summed E-state index contributed by atoms with van der Waals surface area (Å²) >= 11 is 0. The van der Waals surface area contributed by atoms with E-state index < -0.39 is 6.03 Å². The molecule has 2 aliphatic rings. The van der Waals surface area contributed by atoms with Crippen molar-refractivity contribution in [1.29, 1.82) is 0 Å². The van der Waals surface area contributed by atoms with E-state index in [4.69, 9.17) is 15.2 Å². The summed E-state index contributed by atoms with van der Waals surface area (Å²) in [5, 5.41) is 5.14. The quantitative estimate of drug-likeness (QED) is 0.684. The van der Waals surface area contributed by atoms with Crippen LogP contribution in [0.15, 0.2) is 24.3 Å². The van der Waals surface area contributed by atoms with Crippen molar-refractivity contribution in [2.75, 3.05) is 13.2 Å². The molecular weight excluding hydrogens is 362 g/mol. The Kier molecular flexibility index (Phi) is 6.86. The van der Waals surface area contributed by atoms with Gasteiger partial charge in [-0.3, -0.25) is 14.9 Å². The zero-order chi connectivity index (χ0) is 19.9. The molecule has 2 fully saturated rings. The van der Waals surface area contributed by atoms with Gasteiger partial charge in [0.05, 0.1) is 6.10 Å². The van der Waals surface area contributed by atoms with Gasteiger partial charge in [0.25, 0.3) is 5.91 Å². The number of ether oxygens (including phenoxy) is 2. The number of hydrogen-bond donors (Lipinski definition) is 3. The highest BCUT2D eigenvalue weighted by Crippen LogP contribution is 2.25. The maximum atomic E-state index is 12.6. The van der Waals surface area contributed by atoms with Crippen LogP contribution in [-0.2, 0) is 9.53 Å². The van der Waals surface area contributed by atoms with Crippen LogP contribution < -0.4 is 21.1 Å². The Hall–Kier alpha value is -2.61. The van der Waals surface area contributed by atoms with Crippen molar-refractivity contribution in [3.63, 3.8) is 0 Å². The fourth-order valence-corrected chi connectivity index (χ4v) is 3.68. The summed E-state index contributed by atoms with van der Waals surface area (Å²) in [5.41, 5.74) is 5.52. The first-order chi connectivity index (χ1) is 13.5. The summed E-state index contributed by atoms with van der Waals surface area (Å²) < 4.78 is 11.3. The highest BCUT2D eigenvalue weighted by atomic mass is 16.5. The number of urea groups is 1. The van der Waals surface area contributed by atoms with Gasteiger partial charge in [0.1, 0.15) is 12.4 Å². The van der Waals surface area contributed by atoms with Crippen LogP contribution in [0.25, 0.3) is 0 Å². The lowest BCUT2D eigenvalue weighted by Crippen LogP contribution is -2.43. The zero-order valence-electron chi connectivity index (χ0n) is 15.8. The van der Waals surface area contributed by atoms with Gasteiger partial charge in [0, 0.05) is 24.1 Å². The van der Waals surface area contributed by atoms with Gasteiger partial charge in [-0.15, -0.1) is 0 Å². The van der Waals surface area contributed by atoms with Crippen LogP contribution in [-0.4, -0.2) is 43.2 Å². The van der Waals surface area contributed by atoms with Crippen LogP contribution in [0.4, 0.5) is 4.79 Å². The van der Waals surface area contributed by atoms with Gasteiger partial charge in [0.2, 0.25) is 5.91 Å². The number of imide groups is 1. The Balaban J connectivity index is 1.46. The van der Waals surface area contributed by atoms with Crippen molar-refractivity contribution >= 4 is 17.8 Å². The number of rotatable bonds is 6. The first-order valence-corrected chi connectivity index (χ1v) is 9.77. The van der Waals surface area contributed by atoms with Gasteiger partial charge in [0.15, 0.2) is 0 Å². The number of hydrogen-bond acceptors (Lipinski definition) is 5. The molecule has 1 aromatic carbocycles. The molecule has 0 radical (unpaired) electrons. The molecule has 0 spiro atoms. The van der Waals surface area contributed by atoms with Crippen molar-refractivity contribution in [2.45, 2.75) is 50.7 Å². The molecule has 1 saturated heterocycles. The molecule has 0 unspecified atom stereocenters. The summed E-state index contributed by atoms with van der Waals surface area (Å²) in [5.74, 6) is -0.0915. The lowest BCUT2D eigenvalue weighted by Gasteiger charge is -2.28. The monoisotopic (exact) mass is 389 g/mol. The van der Waals surface area contributed by atoms with E-state index >= 15 is 0 Å². The standard InChI is InChI=1S/C20H27N3O5/c21-20(26)23-18(24)13-6-8-15(9-7-13)22-19(25)14-3-1-4-16(11-14)28-12-17-5-2-10-27-17/h1,3-4,11,13,15,17H,2,5-10,12H2,(H,22,25)(H3,21,23,24,26)/t13?,15?,17-/m1/s1. The normalized spacial score (nSPS) is 24.4. The lowest BCUT2D eigenvalue weighted by atomic mass is 9.85. The minimum absolute atomic E-state index is 0.00147. The zero-order valence-corrected chi connectivity index (χ0v) is 15.8. The maximum Gasteiger partial charge on any atom is 0.318 e. The van der Waals surface area contributed by atoms with E-state index in [2.05, 4.69) is 10.6 Å². The van der Waals surface area contributed by atoms with E-state index in [0.717, 1.165) is 19.4 Å². The Morgan fingerprint density at radius 2 is 1.93 bits per heavy atom. The van der Waals surface area contributed by atoms with Gasteiger partial charge < -0.3 is 20.5 Å². The van der Waals surface area contributed by atoms with Crippen molar-refractivity contribution in [3.8, 4) is 5.75 Å². The summed E-state index contributed by atoms with van der Waals surface area (Å²) in [4.78, 5) is 35.2. The third-order valence-corrected chi connectivity index (χ3v) is 5.24. The molecular formula is C20H27N3O5. The smallest absolute Gasteiger partial charge is 0.318 e. The summed E-state index contributed by atoms with van der Waals surface area (Å²) in [6.07, 6.45) is 4.75. The predicted octanol–water partition coefficient (Wildman–Crippen LogP) is 1.73. The van der Waals surface area contributed by atoms with E-state index in [9.17, 15) is 14.4 Å². The van der Waals surface area contributed by atoms with Crippen molar-refractivity contribution < 1.29 is 23.9 Å². The van der Waals surface area contributed by atoms with Gasteiger partial charge in [-0.1, -0.05) is 6.07 Å². The second kappa shape index (κ2) is 9.54. The Morgan fingerprint density at radius 1 is 1.14 bits per heavy atom. The van der Waals surface area contributed by atoms with Gasteiger partial charge >= 0.3 is 6.03 Å². The number of primary amides is 1. The minimum Gasteiger partial charge on any atom is -0.491 e. The minimum atomic E-state index is -0.831. The summed E-state index contributed by atoms with van der Waals surface area (Å²) in [7, 11) is 0. The fraction of sp³-hybridized carbons (Fsp3) is 0.550. The van der Waals surface area contributed by atoms with Gasteiger partial charge in [-0.25, -0.2) is 4.79 Å². The number of nitrogens with one attached hydrogen (secondary N) is 2. The molecule has 1 aliphatic carbocycles. The molecule has 8 nitrogen and oxygen atoms in total. The first-order valence-electron chi connectivity index (χ1n) is 9.77. The molecule has 1 saturated carbocycles. The molecule has 1 atom stereocenters. The molecule has 0 aromatic heterocycles. The average Bonchev–Trinajstić information content (AvgIpc) is 3.20. The van der Waals surface area contributed by atoms with Gasteiger partial charge in [-0.2, -0.15) is 0 Å². The van der Waals surface area contributed by atoms with Crippen molar-refractivity contribution in [1.82, 2.24) is 10.6 Å². The Bertz CT molecular complexity index is 710. The molecule has 4 N–H and O–H groups in total. The van der Waals surface area contributed by atoms with Gasteiger partial charge in [-0.05, 0) is 56.7 Å². The van der Waals surface area contributed by atoms with Crippen molar-refractivity contribution in [2.24, 2.45) is 11.7 Å². The van der Waals surface area contributed by atoms with E-state index in [1.54, 1.807) is 18.2 Å². The average molecular weight is 389 g/mol. The van der Waals surface area contributed by atoms with Crippen LogP contribution >= 0.6 is 0 Å². The topological polar surface area (TPSA) is 120 Å². The highest BCUT2D eigenvalue weighted by molar-refractivity contribution is 5.95. The third-order valence-electron chi connectivity index (χ3n) is 5.24. The maximum absolute atomic E-state index is 12.6. The van der Waals surface area contributed by atoms with Crippen LogP contribution in [0.1, 0.15) is 48.9 Å². The van der Waals surface area contributed by atoms with E-state index in [0.29, 0.717) is 43.6 Å². The Morgan fingerprint density at radius 3 is 2.61 bits per heavy atom. The largest absolute Gasteiger partial charge is 0.491 e. The van der Waals surface area contributed by atoms with Crippen LogP contribution in [0, 0.1) is 5.92 Å². The highest BCUT2D eigenvalue weighted by Gasteiger charge is 2.28. The number of carbonyl (C=O) groups is 3. The predicted molar refractivity (Wildman–Crippen MR) is 102 cm³/mol. The molecule has 152 valence electrons. The molecule has 1 heterocycles. The molecule has 3 rings (SSSR count). The van der Waals surface area contributed by atoms with Crippen LogP contribution in [0.5, 0.6) is 5.75 Å². The number of amides is 4. The first kappa shape index (κ1) is 20.1. The number of carbonyl (C=O) groups excluding carboxylic acids is 3. The molecule has 8 heteroatoms. The molecule has 28 heavy (non-hydrogen) atoms. The molecule has 1 aromatic rings. The second-order valence-corrected chi connectivity index (χ2v) is 7.35. The Labute approximate surface area is 164 Å². The molecule has 1 aliphatic heterocycles. The lowest BCUT2D eigenvalue weighted by molar-refractivity contribution is -0.124. The van der Waals surface area contributed by atoms with E-state index in [1.165, 1.54) is 0 Å². The van der Waals surface area contributed by atoms with Crippen LogP contribution in [0.3, 0.4) is 0 Å².